The van der Waals surface area contributed by atoms with Crippen molar-refractivity contribution >= 4 is 40.5 Å². The topological polar surface area (TPSA) is 55.4 Å². The van der Waals surface area contributed by atoms with Gasteiger partial charge in [-0.05, 0) is 24.8 Å². The summed E-state index contributed by atoms with van der Waals surface area (Å²) < 4.78 is 4.62. The molecule has 4 nitrogen and oxygen atoms in total. The van der Waals surface area contributed by atoms with Gasteiger partial charge in [0, 0.05) is 0 Å². The zero-order chi connectivity index (χ0) is 12.3. The fourth-order valence-electron chi connectivity index (χ4n) is 1.07. The number of thiophene rings is 1. The van der Waals surface area contributed by atoms with Crippen LogP contribution >= 0.6 is 22.9 Å². The van der Waals surface area contributed by atoms with Crippen LogP contribution in [0.2, 0.25) is 0 Å². The standard InChI is InChI=1S/C10H12ClNO3S/c1-5-4-16-8(10(14)15-3)7(5)12-9(13)6(2)11/h4,6H,1-3H3,(H,12,13)/t6-/m0/s1. The lowest BCUT2D eigenvalue weighted by atomic mass is 10.2. The SMILES string of the molecule is COC(=O)c1scc(C)c1NC(=O)[C@H](C)Cl. The van der Waals surface area contributed by atoms with Crippen LogP contribution in [0.15, 0.2) is 5.38 Å². The van der Waals surface area contributed by atoms with E-state index in [0.717, 1.165) is 5.56 Å². The number of carbonyl (C=O) groups excluding carboxylic acids is 2. The summed E-state index contributed by atoms with van der Waals surface area (Å²) in [5.41, 5.74) is 1.30. The molecule has 1 aromatic heterocycles. The van der Waals surface area contributed by atoms with Gasteiger partial charge in [-0.15, -0.1) is 22.9 Å². The van der Waals surface area contributed by atoms with E-state index < -0.39 is 11.3 Å². The van der Waals surface area contributed by atoms with Gasteiger partial charge in [0.1, 0.15) is 10.3 Å². The number of anilines is 1. The maximum atomic E-state index is 11.4. The highest BCUT2D eigenvalue weighted by Crippen LogP contribution is 2.28. The molecule has 1 rings (SSSR count). The minimum atomic E-state index is -0.648. The number of hydrogen-bond acceptors (Lipinski definition) is 4. The number of rotatable bonds is 3. The molecule has 1 heterocycles. The first kappa shape index (κ1) is 13.0. The Bertz CT molecular complexity index is 414. The molecule has 0 fully saturated rings. The highest BCUT2D eigenvalue weighted by Gasteiger charge is 2.19. The fraction of sp³-hybridized carbons (Fsp3) is 0.400. The van der Waals surface area contributed by atoms with E-state index in [0.29, 0.717) is 10.6 Å². The Labute approximate surface area is 103 Å². The van der Waals surface area contributed by atoms with Crippen LogP contribution in [0.5, 0.6) is 0 Å². The zero-order valence-electron chi connectivity index (χ0n) is 9.17. The number of hydrogen-bond donors (Lipinski definition) is 1. The molecular weight excluding hydrogens is 250 g/mol. The number of methoxy groups -OCH3 is 1. The van der Waals surface area contributed by atoms with Crippen molar-refractivity contribution in [1.82, 2.24) is 0 Å². The van der Waals surface area contributed by atoms with Gasteiger partial charge >= 0.3 is 5.97 Å². The van der Waals surface area contributed by atoms with E-state index in [2.05, 4.69) is 10.1 Å². The first-order valence-electron chi connectivity index (χ1n) is 4.58. The van der Waals surface area contributed by atoms with Crippen LogP contribution in [0.1, 0.15) is 22.2 Å². The summed E-state index contributed by atoms with van der Waals surface area (Å²) in [5, 5.41) is 3.74. The highest BCUT2D eigenvalue weighted by atomic mass is 35.5. The predicted molar refractivity (Wildman–Crippen MR) is 64.3 cm³/mol. The Hall–Kier alpha value is -1.07. The lowest BCUT2D eigenvalue weighted by Gasteiger charge is -2.08. The first-order valence-corrected chi connectivity index (χ1v) is 5.90. The van der Waals surface area contributed by atoms with Crippen LogP contribution in [-0.4, -0.2) is 24.4 Å². The van der Waals surface area contributed by atoms with Crippen molar-refractivity contribution in [3.05, 3.63) is 15.8 Å². The van der Waals surface area contributed by atoms with E-state index in [1.165, 1.54) is 18.4 Å². The van der Waals surface area contributed by atoms with E-state index in [4.69, 9.17) is 11.6 Å². The van der Waals surface area contributed by atoms with E-state index in [-0.39, 0.29) is 5.91 Å². The smallest absolute Gasteiger partial charge is 0.350 e. The third-order valence-electron chi connectivity index (χ3n) is 1.96. The van der Waals surface area contributed by atoms with Crippen LogP contribution in [0.3, 0.4) is 0 Å². The van der Waals surface area contributed by atoms with Gasteiger partial charge in [0.25, 0.3) is 0 Å². The molecule has 16 heavy (non-hydrogen) atoms. The number of nitrogens with one attached hydrogen (secondary N) is 1. The van der Waals surface area contributed by atoms with E-state index >= 15 is 0 Å². The number of halogens is 1. The molecule has 0 bridgehead atoms. The zero-order valence-corrected chi connectivity index (χ0v) is 10.7. The Morgan fingerprint density at radius 1 is 1.56 bits per heavy atom. The normalized spacial score (nSPS) is 12.0. The van der Waals surface area contributed by atoms with Gasteiger partial charge in [-0.1, -0.05) is 0 Å². The van der Waals surface area contributed by atoms with E-state index in [9.17, 15) is 9.59 Å². The van der Waals surface area contributed by atoms with Crippen molar-refractivity contribution in [1.29, 1.82) is 0 Å². The van der Waals surface area contributed by atoms with Gasteiger partial charge in [-0.2, -0.15) is 0 Å². The summed E-state index contributed by atoms with van der Waals surface area (Å²) in [6, 6.07) is 0. The van der Waals surface area contributed by atoms with Gasteiger partial charge in [-0.25, -0.2) is 4.79 Å². The Morgan fingerprint density at radius 2 is 2.19 bits per heavy atom. The molecule has 88 valence electrons. The molecule has 1 amide bonds. The average molecular weight is 262 g/mol. The monoisotopic (exact) mass is 261 g/mol. The molecule has 0 spiro atoms. The Kier molecular flexibility index (Phi) is 4.32. The second kappa shape index (κ2) is 5.32. The number of amides is 1. The van der Waals surface area contributed by atoms with Crippen LogP contribution in [-0.2, 0) is 9.53 Å². The third-order valence-corrected chi connectivity index (χ3v) is 3.23. The maximum Gasteiger partial charge on any atom is 0.350 e. The number of ether oxygens (including phenoxy) is 1. The molecule has 0 unspecified atom stereocenters. The van der Waals surface area contributed by atoms with Crippen molar-refractivity contribution < 1.29 is 14.3 Å². The molecule has 0 saturated heterocycles. The Morgan fingerprint density at radius 3 is 2.69 bits per heavy atom. The first-order chi connectivity index (χ1) is 7.47. The van der Waals surface area contributed by atoms with Gasteiger partial charge in [0.05, 0.1) is 12.8 Å². The molecule has 1 atom stereocenters. The third kappa shape index (κ3) is 2.74. The lowest BCUT2D eigenvalue weighted by molar-refractivity contribution is -0.115. The second-order valence-electron chi connectivity index (χ2n) is 3.22. The maximum absolute atomic E-state index is 11.4. The summed E-state index contributed by atoms with van der Waals surface area (Å²) in [6.07, 6.45) is 0. The average Bonchev–Trinajstić information content (AvgIpc) is 2.59. The van der Waals surface area contributed by atoms with Crippen LogP contribution in [0.4, 0.5) is 5.69 Å². The van der Waals surface area contributed by atoms with Gasteiger partial charge < -0.3 is 10.1 Å². The van der Waals surface area contributed by atoms with Crippen molar-refractivity contribution in [2.45, 2.75) is 19.2 Å². The van der Waals surface area contributed by atoms with Gasteiger partial charge in [-0.3, -0.25) is 4.79 Å². The number of carbonyl (C=O) groups is 2. The lowest BCUT2D eigenvalue weighted by Crippen LogP contribution is -2.21. The number of esters is 1. The minimum Gasteiger partial charge on any atom is -0.465 e. The summed E-state index contributed by atoms with van der Waals surface area (Å²) in [6.45, 7) is 3.37. The molecule has 0 aliphatic rings. The predicted octanol–water partition coefficient (Wildman–Crippen LogP) is 2.41. The van der Waals surface area contributed by atoms with Gasteiger partial charge in [0.2, 0.25) is 5.91 Å². The fourth-order valence-corrected chi connectivity index (χ4v) is 2.04. The van der Waals surface area contributed by atoms with Gasteiger partial charge in [0.15, 0.2) is 0 Å². The summed E-state index contributed by atoms with van der Waals surface area (Å²) in [5.74, 6) is -0.802. The van der Waals surface area contributed by atoms with E-state index in [1.807, 2.05) is 0 Å². The van der Waals surface area contributed by atoms with Crippen LogP contribution in [0, 0.1) is 6.92 Å². The molecule has 0 aliphatic heterocycles. The molecular formula is C10H12ClNO3S. The molecule has 0 aromatic carbocycles. The highest BCUT2D eigenvalue weighted by molar-refractivity contribution is 7.12. The quantitative estimate of drug-likeness (QED) is 0.672. The van der Waals surface area contributed by atoms with E-state index in [1.54, 1.807) is 19.2 Å². The molecule has 0 radical (unpaired) electrons. The number of alkyl halides is 1. The largest absolute Gasteiger partial charge is 0.465 e. The second-order valence-corrected chi connectivity index (χ2v) is 4.75. The van der Waals surface area contributed by atoms with Crippen LogP contribution in [0.25, 0.3) is 0 Å². The molecule has 6 heteroatoms. The summed E-state index contributed by atoms with van der Waals surface area (Å²) >= 11 is 6.87. The van der Waals surface area contributed by atoms with Crippen LogP contribution < -0.4 is 5.32 Å². The molecule has 1 N–H and O–H groups in total. The summed E-state index contributed by atoms with van der Waals surface area (Å²) in [4.78, 5) is 23.2. The minimum absolute atomic E-state index is 0.340. The van der Waals surface area contributed by atoms with Crippen molar-refractivity contribution in [3.63, 3.8) is 0 Å². The molecule has 0 aliphatic carbocycles. The van der Waals surface area contributed by atoms with Crippen molar-refractivity contribution in [2.24, 2.45) is 0 Å². The van der Waals surface area contributed by atoms with Crippen molar-refractivity contribution in [2.75, 3.05) is 12.4 Å². The molecule has 0 saturated carbocycles. The molecule has 1 aromatic rings. The van der Waals surface area contributed by atoms with Crippen molar-refractivity contribution in [3.8, 4) is 0 Å². The number of aryl methyl sites for hydroxylation is 1. The summed E-state index contributed by atoms with van der Waals surface area (Å²) in [7, 11) is 1.30. The Balaban J connectivity index is 2.98.